The lowest BCUT2D eigenvalue weighted by atomic mass is 10.0. The second-order valence-electron chi connectivity index (χ2n) is 15.4. The molecule has 0 unspecified atom stereocenters. The van der Waals surface area contributed by atoms with E-state index in [0.717, 1.165) is 26.7 Å². The number of para-hydroxylation sites is 2. The Morgan fingerprint density at radius 2 is 0.889 bits per heavy atom. The van der Waals surface area contributed by atoms with Crippen molar-refractivity contribution in [3.05, 3.63) is 254 Å². The van der Waals surface area contributed by atoms with Gasteiger partial charge < -0.3 is 9.13 Å². The third-order valence-electron chi connectivity index (χ3n) is 12.1. The quantitative estimate of drug-likeness (QED) is 0.107. The molecule has 3 heteroatoms. The zero-order chi connectivity index (χ0) is 53.9. The molecule has 0 N–H and O–H groups in total. The van der Waals surface area contributed by atoms with E-state index in [-0.39, 0.29) is 41.1 Å². The lowest BCUT2D eigenvalue weighted by Gasteiger charge is -2.35. The van der Waals surface area contributed by atoms with Crippen molar-refractivity contribution in [3.63, 3.8) is 0 Å². The van der Waals surface area contributed by atoms with Crippen molar-refractivity contribution in [2.24, 2.45) is 0 Å². The smallest absolute Gasteiger partial charge is 0.179 e. The first-order valence-electron chi connectivity index (χ1n) is 27.6. The summed E-state index contributed by atoms with van der Waals surface area (Å²) in [7, 11) is -3.79. The van der Waals surface area contributed by atoms with Gasteiger partial charge in [0, 0.05) is 32.9 Å². The Hall–Kier alpha value is -7.98. The van der Waals surface area contributed by atoms with E-state index in [1.54, 1.807) is 33.4 Å². The SMILES string of the molecule is [2H]c1c([2H])c([2H])c(-c2ccc3c(c2)c2ccc4c(c5ccccc5n4-c4c([2H])c([2H])c([2H])c([Si](c5ccccc5)(c5ccccc5)c5ccc(-c6ccccc6)cc5)c4[2H])c2n3-c2c([2H])c([2H])c([2H])c([2H])c2[2H])c([2H])c1[2H]. The molecular formula is C60H42N2Si. The van der Waals surface area contributed by atoms with Crippen molar-refractivity contribution in [1.82, 2.24) is 9.13 Å². The minimum atomic E-state index is -3.79. The third kappa shape index (κ3) is 5.93. The molecule has 12 rings (SSSR count). The van der Waals surface area contributed by atoms with Crippen LogP contribution >= 0.6 is 0 Å². The Balaban J connectivity index is 1.23. The monoisotopic (exact) mass is 832 g/mol. The fourth-order valence-electron chi connectivity index (χ4n) is 9.42. The lowest BCUT2D eigenvalue weighted by molar-refractivity contribution is 1.18. The molecule has 2 heterocycles. The predicted molar refractivity (Wildman–Crippen MR) is 270 cm³/mol. The highest BCUT2D eigenvalue weighted by atomic mass is 28.3. The first kappa shape index (κ1) is 25.1. The highest BCUT2D eigenvalue weighted by Gasteiger charge is 2.41. The summed E-state index contributed by atoms with van der Waals surface area (Å²) < 4.78 is 131. The highest BCUT2D eigenvalue weighted by Crippen LogP contribution is 2.43. The van der Waals surface area contributed by atoms with Crippen LogP contribution in [0.5, 0.6) is 0 Å². The summed E-state index contributed by atoms with van der Waals surface area (Å²) in [6.07, 6.45) is 0. The van der Waals surface area contributed by atoms with E-state index in [9.17, 15) is 8.22 Å². The molecule has 0 radical (unpaired) electrons. The number of rotatable bonds is 8. The predicted octanol–water partition coefficient (Wildman–Crippen LogP) is 12.6. The standard InChI is InChI=1S/C60H42N2Si/c1-6-19-43(20-7-1)45-33-36-51(37-34-45)63(49-26-12-4-13-27-49,50-28-14-5-15-29-50)52-30-18-25-48(42-52)61-56-32-17-16-31-54(56)59-58(61)40-38-53-55-41-46(44-21-8-2-9-22-44)35-39-57(55)62(60(53)59)47-23-10-3-11-24-47/h1-42H/i2D,3D,8D,9D,10D,11D,18D,21D,22D,23D,24D,25D,30D,42D. The van der Waals surface area contributed by atoms with Crippen LogP contribution in [0.3, 0.4) is 0 Å². The van der Waals surface area contributed by atoms with Crippen LogP contribution < -0.4 is 20.7 Å². The van der Waals surface area contributed by atoms with Crippen LogP contribution in [-0.4, -0.2) is 17.2 Å². The number of aromatic nitrogens is 2. The Labute approximate surface area is 387 Å². The molecule has 2 nitrogen and oxygen atoms in total. The van der Waals surface area contributed by atoms with Crippen LogP contribution in [0, 0.1) is 0 Å². The van der Waals surface area contributed by atoms with Crippen molar-refractivity contribution in [2.75, 3.05) is 0 Å². The summed E-state index contributed by atoms with van der Waals surface area (Å²) in [5.74, 6) is 0. The van der Waals surface area contributed by atoms with E-state index < -0.39 is 68.5 Å². The van der Waals surface area contributed by atoms with Gasteiger partial charge in [-0.2, -0.15) is 0 Å². The Morgan fingerprint density at radius 1 is 0.333 bits per heavy atom. The number of hydrogen-bond acceptors (Lipinski definition) is 0. The van der Waals surface area contributed by atoms with Gasteiger partial charge in [0.2, 0.25) is 0 Å². The summed E-state index contributed by atoms with van der Waals surface area (Å²) in [5, 5.41) is 5.00. The first-order valence-corrected chi connectivity index (χ1v) is 22.6. The summed E-state index contributed by atoms with van der Waals surface area (Å²) in [5.41, 5.74) is 3.88. The Bertz CT molecular complexity index is 4330. The highest BCUT2D eigenvalue weighted by molar-refractivity contribution is 7.19. The molecule has 0 spiro atoms. The van der Waals surface area contributed by atoms with Gasteiger partial charge in [0.25, 0.3) is 0 Å². The van der Waals surface area contributed by atoms with Crippen molar-refractivity contribution in [3.8, 4) is 33.6 Å². The second kappa shape index (κ2) is 15.2. The molecule has 10 aromatic carbocycles. The maximum Gasteiger partial charge on any atom is 0.179 e. The van der Waals surface area contributed by atoms with E-state index in [1.807, 2.05) is 133 Å². The van der Waals surface area contributed by atoms with E-state index in [2.05, 4.69) is 12.1 Å². The van der Waals surface area contributed by atoms with Crippen LogP contribution in [0.15, 0.2) is 254 Å². The van der Waals surface area contributed by atoms with E-state index in [4.69, 9.17) is 11.0 Å². The molecule has 63 heavy (non-hydrogen) atoms. The molecule has 0 saturated heterocycles. The van der Waals surface area contributed by atoms with Gasteiger partial charge in [-0.1, -0.05) is 206 Å². The molecule has 0 aliphatic rings. The number of benzene rings is 10. The van der Waals surface area contributed by atoms with Crippen LogP contribution in [0.4, 0.5) is 0 Å². The second-order valence-corrected chi connectivity index (χ2v) is 19.1. The average molecular weight is 833 g/mol. The molecule has 0 saturated carbocycles. The van der Waals surface area contributed by atoms with E-state index in [0.29, 0.717) is 54.4 Å². The molecule has 0 fully saturated rings. The van der Waals surface area contributed by atoms with Crippen molar-refractivity contribution in [1.29, 1.82) is 0 Å². The fraction of sp³-hybridized carbons (Fsp3) is 0. The minimum Gasteiger partial charge on any atom is -0.309 e. The Morgan fingerprint density at radius 3 is 1.60 bits per heavy atom. The average Bonchev–Trinajstić information content (AvgIpc) is 4.08. The first-order chi connectivity index (χ1) is 37.1. The van der Waals surface area contributed by atoms with Crippen molar-refractivity contribution >= 4 is 72.4 Å². The van der Waals surface area contributed by atoms with E-state index in [1.165, 1.54) is 0 Å². The molecule has 0 amide bonds. The molecule has 0 aliphatic heterocycles. The van der Waals surface area contributed by atoms with Crippen LogP contribution in [0.1, 0.15) is 19.2 Å². The number of hydrogen-bond donors (Lipinski definition) is 0. The topological polar surface area (TPSA) is 9.86 Å². The van der Waals surface area contributed by atoms with Gasteiger partial charge in [-0.05, 0) is 91.4 Å². The van der Waals surface area contributed by atoms with Gasteiger partial charge in [0.05, 0.1) is 41.3 Å². The van der Waals surface area contributed by atoms with Gasteiger partial charge in [-0.25, -0.2) is 0 Å². The molecule has 296 valence electrons. The number of fused-ring (bicyclic) bond motifs is 7. The molecule has 0 bridgehead atoms. The molecule has 0 atom stereocenters. The normalized spacial score (nSPS) is 14.9. The van der Waals surface area contributed by atoms with Crippen molar-refractivity contribution < 1.29 is 19.2 Å². The summed E-state index contributed by atoms with van der Waals surface area (Å²) >= 11 is 0. The molecular weight excluding hydrogens is 777 g/mol. The minimum absolute atomic E-state index is 0.0390. The van der Waals surface area contributed by atoms with Gasteiger partial charge in [0.1, 0.15) is 0 Å². The zero-order valence-corrected chi connectivity index (χ0v) is 34.6. The summed E-state index contributed by atoms with van der Waals surface area (Å²) in [4.78, 5) is 0. The zero-order valence-electron chi connectivity index (χ0n) is 47.6. The summed E-state index contributed by atoms with van der Waals surface area (Å²) in [6.45, 7) is 0. The van der Waals surface area contributed by atoms with E-state index >= 15 is 0 Å². The maximum absolute atomic E-state index is 10.7. The Kier molecular flexibility index (Phi) is 6.04. The summed E-state index contributed by atoms with van der Waals surface area (Å²) in [6, 6.07) is 47.6. The molecule has 12 aromatic rings. The molecule has 0 aliphatic carbocycles. The van der Waals surface area contributed by atoms with Gasteiger partial charge in [0.15, 0.2) is 8.07 Å². The van der Waals surface area contributed by atoms with Crippen molar-refractivity contribution in [2.45, 2.75) is 0 Å². The van der Waals surface area contributed by atoms with Gasteiger partial charge in [-0.15, -0.1) is 0 Å². The maximum atomic E-state index is 10.7. The van der Waals surface area contributed by atoms with Crippen LogP contribution in [-0.2, 0) is 0 Å². The molecule has 2 aromatic heterocycles. The van der Waals surface area contributed by atoms with Gasteiger partial charge >= 0.3 is 0 Å². The largest absolute Gasteiger partial charge is 0.309 e. The van der Waals surface area contributed by atoms with Gasteiger partial charge in [-0.3, -0.25) is 0 Å². The van der Waals surface area contributed by atoms with Crippen LogP contribution in [0.2, 0.25) is 0 Å². The fourth-order valence-corrected chi connectivity index (χ4v) is 13.9. The lowest BCUT2D eigenvalue weighted by Crippen LogP contribution is -2.74. The number of nitrogens with zero attached hydrogens (tertiary/aromatic N) is 2. The van der Waals surface area contributed by atoms with Crippen LogP contribution in [0.25, 0.3) is 77.2 Å². The third-order valence-corrected chi connectivity index (χ3v) is 16.7.